The van der Waals surface area contributed by atoms with Crippen LogP contribution in [0.2, 0.25) is 0 Å². The SMILES string of the molecule is Cc1cc(C)n(Cc2ccc(C(=O)Nc3ccccc3C(=O)N3CCCC3)cc2)n1. The van der Waals surface area contributed by atoms with Gasteiger partial charge in [-0.3, -0.25) is 14.3 Å². The Kier molecular flexibility index (Phi) is 5.65. The summed E-state index contributed by atoms with van der Waals surface area (Å²) in [4.78, 5) is 27.4. The number of benzene rings is 2. The number of amides is 2. The molecule has 1 fully saturated rings. The minimum absolute atomic E-state index is 0.0244. The lowest BCUT2D eigenvalue weighted by molar-refractivity contribution is 0.0794. The number of aryl methyl sites for hydroxylation is 2. The predicted octanol–water partition coefficient (Wildman–Crippen LogP) is 4.04. The van der Waals surface area contributed by atoms with Gasteiger partial charge in [-0.2, -0.15) is 5.10 Å². The number of likely N-dealkylation sites (tertiary alicyclic amines) is 1. The Balaban J connectivity index is 1.46. The van der Waals surface area contributed by atoms with Gasteiger partial charge in [0.15, 0.2) is 0 Å². The van der Waals surface area contributed by atoms with E-state index in [1.54, 1.807) is 24.3 Å². The number of hydrogen-bond donors (Lipinski definition) is 1. The molecule has 1 N–H and O–H groups in total. The smallest absolute Gasteiger partial charge is 0.255 e. The first-order valence-corrected chi connectivity index (χ1v) is 10.3. The lowest BCUT2D eigenvalue weighted by Crippen LogP contribution is -2.28. The zero-order chi connectivity index (χ0) is 21.1. The van der Waals surface area contributed by atoms with Crippen molar-refractivity contribution >= 4 is 17.5 Å². The van der Waals surface area contributed by atoms with Gasteiger partial charge in [0.2, 0.25) is 0 Å². The summed E-state index contributed by atoms with van der Waals surface area (Å²) < 4.78 is 1.95. The molecule has 0 saturated carbocycles. The van der Waals surface area contributed by atoms with Crippen LogP contribution in [0.1, 0.15) is 50.5 Å². The van der Waals surface area contributed by atoms with Gasteiger partial charge in [-0.25, -0.2) is 0 Å². The molecule has 2 heterocycles. The molecule has 0 bridgehead atoms. The molecule has 154 valence electrons. The molecular weight excluding hydrogens is 376 g/mol. The van der Waals surface area contributed by atoms with Crippen LogP contribution in [-0.4, -0.2) is 39.6 Å². The van der Waals surface area contributed by atoms with Crippen LogP contribution >= 0.6 is 0 Å². The number of nitrogens with zero attached hydrogens (tertiary/aromatic N) is 3. The van der Waals surface area contributed by atoms with Crippen molar-refractivity contribution in [2.24, 2.45) is 0 Å². The van der Waals surface area contributed by atoms with E-state index < -0.39 is 0 Å². The molecule has 1 saturated heterocycles. The molecule has 0 spiro atoms. The Morgan fingerprint density at radius 3 is 2.37 bits per heavy atom. The van der Waals surface area contributed by atoms with Crippen LogP contribution in [0.15, 0.2) is 54.6 Å². The first-order chi connectivity index (χ1) is 14.5. The van der Waals surface area contributed by atoms with Crippen LogP contribution in [0.25, 0.3) is 0 Å². The van der Waals surface area contributed by atoms with Crippen LogP contribution in [0.3, 0.4) is 0 Å². The number of aromatic nitrogens is 2. The van der Waals surface area contributed by atoms with Crippen molar-refractivity contribution in [1.82, 2.24) is 14.7 Å². The Bertz CT molecular complexity index is 1060. The molecule has 2 amide bonds. The summed E-state index contributed by atoms with van der Waals surface area (Å²) >= 11 is 0. The number of hydrogen-bond acceptors (Lipinski definition) is 3. The van der Waals surface area contributed by atoms with Crippen LogP contribution < -0.4 is 5.32 Å². The van der Waals surface area contributed by atoms with E-state index in [0.29, 0.717) is 23.4 Å². The summed E-state index contributed by atoms with van der Waals surface area (Å²) in [6, 6.07) is 16.7. The summed E-state index contributed by atoms with van der Waals surface area (Å²) in [7, 11) is 0. The fourth-order valence-electron chi connectivity index (χ4n) is 3.83. The molecule has 0 radical (unpaired) electrons. The van der Waals surface area contributed by atoms with Crippen molar-refractivity contribution in [1.29, 1.82) is 0 Å². The standard InChI is InChI=1S/C24H26N4O2/c1-17-15-18(2)28(26-17)16-19-9-11-20(12-10-19)23(29)25-22-8-4-3-7-21(22)24(30)27-13-5-6-14-27/h3-4,7-12,15H,5-6,13-14,16H2,1-2H3,(H,25,29). The molecule has 2 aromatic carbocycles. The zero-order valence-electron chi connectivity index (χ0n) is 17.4. The minimum atomic E-state index is -0.227. The maximum atomic E-state index is 12.8. The molecule has 1 aromatic heterocycles. The fourth-order valence-corrected chi connectivity index (χ4v) is 3.83. The lowest BCUT2D eigenvalue weighted by atomic mass is 10.1. The van der Waals surface area contributed by atoms with Crippen LogP contribution in [0.5, 0.6) is 0 Å². The Hall–Kier alpha value is -3.41. The van der Waals surface area contributed by atoms with E-state index in [-0.39, 0.29) is 11.8 Å². The van der Waals surface area contributed by atoms with Gasteiger partial charge in [-0.1, -0.05) is 24.3 Å². The maximum Gasteiger partial charge on any atom is 0.255 e. The Morgan fingerprint density at radius 2 is 1.70 bits per heavy atom. The van der Waals surface area contributed by atoms with Crippen molar-refractivity contribution < 1.29 is 9.59 Å². The van der Waals surface area contributed by atoms with Crippen LogP contribution in [-0.2, 0) is 6.54 Å². The van der Waals surface area contributed by atoms with Crippen molar-refractivity contribution in [3.63, 3.8) is 0 Å². The highest BCUT2D eigenvalue weighted by Crippen LogP contribution is 2.21. The van der Waals surface area contributed by atoms with Gasteiger partial charge in [-0.05, 0) is 62.6 Å². The Morgan fingerprint density at radius 1 is 1.00 bits per heavy atom. The van der Waals surface area contributed by atoms with Crippen molar-refractivity contribution in [2.75, 3.05) is 18.4 Å². The second-order valence-corrected chi connectivity index (χ2v) is 7.78. The predicted molar refractivity (Wildman–Crippen MR) is 117 cm³/mol. The molecule has 1 aliphatic rings. The summed E-state index contributed by atoms with van der Waals surface area (Å²) in [6.07, 6.45) is 2.06. The zero-order valence-corrected chi connectivity index (χ0v) is 17.4. The highest BCUT2D eigenvalue weighted by Gasteiger charge is 2.22. The second-order valence-electron chi connectivity index (χ2n) is 7.78. The van der Waals surface area contributed by atoms with Crippen LogP contribution in [0.4, 0.5) is 5.69 Å². The van der Waals surface area contributed by atoms with Crippen LogP contribution in [0, 0.1) is 13.8 Å². The van der Waals surface area contributed by atoms with E-state index in [1.165, 1.54) is 0 Å². The molecule has 1 aliphatic heterocycles. The molecular formula is C24H26N4O2. The fraction of sp³-hybridized carbons (Fsp3) is 0.292. The largest absolute Gasteiger partial charge is 0.339 e. The molecule has 0 aliphatic carbocycles. The molecule has 0 atom stereocenters. The first kappa shape index (κ1) is 19.9. The highest BCUT2D eigenvalue weighted by molar-refractivity contribution is 6.09. The summed E-state index contributed by atoms with van der Waals surface area (Å²) in [6.45, 7) is 6.22. The number of nitrogens with one attached hydrogen (secondary N) is 1. The van der Waals surface area contributed by atoms with Gasteiger partial charge in [0.25, 0.3) is 11.8 Å². The van der Waals surface area contributed by atoms with Gasteiger partial charge in [0.05, 0.1) is 23.5 Å². The van der Waals surface area contributed by atoms with Crippen molar-refractivity contribution in [3.8, 4) is 0 Å². The highest BCUT2D eigenvalue weighted by atomic mass is 16.2. The van der Waals surface area contributed by atoms with E-state index in [9.17, 15) is 9.59 Å². The molecule has 0 unspecified atom stereocenters. The number of carbonyl (C=O) groups excluding carboxylic acids is 2. The summed E-state index contributed by atoms with van der Waals surface area (Å²) in [5, 5.41) is 7.39. The van der Waals surface area contributed by atoms with Crippen molar-refractivity contribution in [3.05, 3.63) is 82.7 Å². The third kappa shape index (κ3) is 4.27. The normalized spacial score (nSPS) is 13.5. The quantitative estimate of drug-likeness (QED) is 0.700. The maximum absolute atomic E-state index is 12.8. The summed E-state index contributed by atoms with van der Waals surface area (Å²) in [5.41, 5.74) is 4.80. The van der Waals surface area contributed by atoms with E-state index in [2.05, 4.69) is 10.4 Å². The number of carbonyl (C=O) groups is 2. The van der Waals surface area contributed by atoms with E-state index >= 15 is 0 Å². The van der Waals surface area contributed by atoms with E-state index in [1.807, 2.05) is 53.8 Å². The van der Waals surface area contributed by atoms with Gasteiger partial charge in [0.1, 0.15) is 0 Å². The first-order valence-electron chi connectivity index (χ1n) is 10.3. The average Bonchev–Trinajstić information content (AvgIpc) is 3.38. The minimum Gasteiger partial charge on any atom is -0.339 e. The van der Waals surface area contributed by atoms with Crippen molar-refractivity contribution in [2.45, 2.75) is 33.2 Å². The lowest BCUT2D eigenvalue weighted by Gasteiger charge is -2.18. The van der Waals surface area contributed by atoms with Gasteiger partial charge in [0, 0.05) is 24.3 Å². The number of para-hydroxylation sites is 1. The molecule has 3 aromatic rings. The topological polar surface area (TPSA) is 67.2 Å². The molecule has 6 heteroatoms. The average molecular weight is 402 g/mol. The van der Waals surface area contributed by atoms with E-state index in [4.69, 9.17) is 0 Å². The third-order valence-corrected chi connectivity index (χ3v) is 5.45. The molecule has 6 nitrogen and oxygen atoms in total. The number of anilines is 1. The molecule has 30 heavy (non-hydrogen) atoms. The summed E-state index contributed by atoms with van der Waals surface area (Å²) in [5.74, 6) is -0.252. The molecule has 4 rings (SSSR count). The third-order valence-electron chi connectivity index (χ3n) is 5.45. The second kappa shape index (κ2) is 8.53. The van der Waals surface area contributed by atoms with Gasteiger partial charge >= 0.3 is 0 Å². The Labute approximate surface area is 176 Å². The number of rotatable bonds is 5. The van der Waals surface area contributed by atoms with E-state index in [0.717, 1.165) is 42.9 Å². The monoisotopic (exact) mass is 402 g/mol. The van der Waals surface area contributed by atoms with Gasteiger partial charge in [-0.15, -0.1) is 0 Å². The van der Waals surface area contributed by atoms with Gasteiger partial charge < -0.3 is 10.2 Å².